The van der Waals surface area contributed by atoms with Crippen LogP contribution >= 0.6 is 0 Å². The first kappa shape index (κ1) is 50.8. The SMILES string of the molecule is CC\C=C/C=C\C=C/C=C\CCCCCC(=O)OCC(COC(=O)CCCC/C=C\C/C=C\C/C=C\CC)OC(=O)CCCC/C=C\C/C=C\C/C=C\CC. The molecule has 0 rings (SSSR count). The first-order chi connectivity index (χ1) is 27.0. The normalized spacial score (nSPS) is 13.3. The zero-order valence-electron chi connectivity index (χ0n) is 34.6. The van der Waals surface area contributed by atoms with E-state index in [2.05, 4.69) is 106 Å². The second-order valence-electron chi connectivity index (χ2n) is 13.2. The quantitative estimate of drug-likeness (QED) is 0.0210. The number of carbonyl (C=O) groups excluding carboxylic acids is 3. The lowest BCUT2D eigenvalue weighted by molar-refractivity contribution is -0.167. The fourth-order valence-electron chi connectivity index (χ4n) is 4.95. The van der Waals surface area contributed by atoms with E-state index < -0.39 is 6.10 Å². The summed E-state index contributed by atoms with van der Waals surface area (Å²) in [5, 5.41) is 0. The molecule has 0 aliphatic carbocycles. The molecule has 0 fully saturated rings. The zero-order valence-corrected chi connectivity index (χ0v) is 34.6. The third-order valence-corrected chi connectivity index (χ3v) is 8.04. The van der Waals surface area contributed by atoms with Gasteiger partial charge in [0, 0.05) is 19.3 Å². The van der Waals surface area contributed by atoms with E-state index in [9.17, 15) is 14.4 Å². The minimum absolute atomic E-state index is 0.131. The van der Waals surface area contributed by atoms with E-state index in [0.717, 1.165) is 96.3 Å². The van der Waals surface area contributed by atoms with Crippen LogP contribution in [0.15, 0.2) is 122 Å². The molecule has 0 N–H and O–H groups in total. The lowest BCUT2D eigenvalue weighted by Crippen LogP contribution is -2.30. The molecular weight excluding hydrogens is 685 g/mol. The van der Waals surface area contributed by atoms with Gasteiger partial charge in [-0.1, -0.05) is 149 Å². The summed E-state index contributed by atoms with van der Waals surface area (Å²) in [5.74, 6) is -1.07. The van der Waals surface area contributed by atoms with Crippen LogP contribution in [0.4, 0.5) is 0 Å². The minimum atomic E-state index is -0.830. The lowest BCUT2D eigenvalue weighted by Gasteiger charge is -2.18. The molecule has 0 spiro atoms. The van der Waals surface area contributed by atoms with Crippen molar-refractivity contribution in [1.29, 1.82) is 0 Å². The average Bonchev–Trinajstić information content (AvgIpc) is 3.18. The molecule has 0 aromatic rings. The summed E-state index contributed by atoms with van der Waals surface area (Å²) in [7, 11) is 0. The molecule has 6 heteroatoms. The topological polar surface area (TPSA) is 78.9 Å². The second-order valence-corrected chi connectivity index (χ2v) is 13.2. The molecular formula is C49H74O6. The third kappa shape index (κ3) is 40.8. The predicted molar refractivity (Wildman–Crippen MR) is 233 cm³/mol. The van der Waals surface area contributed by atoms with Crippen LogP contribution < -0.4 is 0 Å². The summed E-state index contributed by atoms with van der Waals surface area (Å²) in [5.41, 5.74) is 0. The van der Waals surface area contributed by atoms with E-state index in [4.69, 9.17) is 14.2 Å². The molecule has 0 aromatic carbocycles. The van der Waals surface area contributed by atoms with Crippen LogP contribution in [0.25, 0.3) is 0 Å². The molecule has 0 heterocycles. The Morgan fingerprint density at radius 2 is 0.745 bits per heavy atom. The fraction of sp³-hybridized carbons (Fsp3) is 0.531. The van der Waals surface area contributed by atoms with Crippen LogP contribution in [0.3, 0.4) is 0 Å². The molecule has 306 valence electrons. The Morgan fingerprint density at radius 3 is 1.24 bits per heavy atom. The van der Waals surface area contributed by atoms with Crippen LogP contribution in [-0.2, 0) is 28.6 Å². The van der Waals surface area contributed by atoms with E-state index in [1.54, 1.807) is 0 Å². The molecule has 1 atom stereocenters. The summed E-state index contributed by atoms with van der Waals surface area (Å²) in [6.45, 7) is 6.11. The molecule has 0 saturated heterocycles. The summed E-state index contributed by atoms with van der Waals surface area (Å²) < 4.78 is 16.5. The molecule has 0 saturated carbocycles. The molecule has 6 nitrogen and oxygen atoms in total. The molecule has 0 aliphatic heterocycles. The van der Waals surface area contributed by atoms with Gasteiger partial charge in [-0.15, -0.1) is 0 Å². The fourth-order valence-corrected chi connectivity index (χ4v) is 4.95. The molecule has 55 heavy (non-hydrogen) atoms. The number of unbranched alkanes of at least 4 members (excludes halogenated alkanes) is 7. The van der Waals surface area contributed by atoms with Crippen LogP contribution in [0.2, 0.25) is 0 Å². The standard InChI is InChI=1S/C49H74O6/c1-4-7-10-13-16-19-22-25-28-30-33-36-39-42-48(51)54-45-46(55-49(52)43-40-37-34-31-27-24-21-18-15-12-9-6-3)44-53-47(50)41-38-35-32-29-26-23-20-17-14-11-8-5-2/h7-13,16-22,25-29,31,46H,4-6,14-15,23-24,30,32-45H2,1-3H3/b10-7-,11-8-,12-9-,16-13-,20-17-,21-18-,22-19-,28-25-,29-26-,31-27-. The van der Waals surface area contributed by atoms with Gasteiger partial charge >= 0.3 is 17.9 Å². The molecule has 0 aliphatic rings. The molecule has 0 aromatic heterocycles. The lowest BCUT2D eigenvalue weighted by atomic mass is 10.1. The van der Waals surface area contributed by atoms with Crippen molar-refractivity contribution in [2.75, 3.05) is 13.2 Å². The molecule has 0 amide bonds. The van der Waals surface area contributed by atoms with Gasteiger partial charge in [-0.2, -0.15) is 0 Å². The van der Waals surface area contributed by atoms with Gasteiger partial charge in [0.15, 0.2) is 6.10 Å². The summed E-state index contributed by atoms with van der Waals surface area (Å²) in [4.78, 5) is 37.6. The van der Waals surface area contributed by atoms with E-state index in [1.807, 2.05) is 36.5 Å². The van der Waals surface area contributed by atoms with Gasteiger partial charge in [-0.25, -0.2) is 0 Å². The van der Waals surface area contributed by atoms with Crippen LogP contribution in [0.1, 0.15) is 149 Å². The average molecular weight is 759 g/mol. The number of hydrogen-bond acceptors (Lipinski definition) is 6. The van der Waals surface area contributed by atoms with Gasteiger partial charge in [0.2, 0.25) is 0 Å². The van der Waals surface area contributed by atoms with Crippen molar-refractivity contribution in [3.63, 3.8) is 0 Å². The Kier molecular flexibility index (Phi) is 39.3. The van der Waals surface area contributed by atoms with Crippen molar-refractivity contribution in [3.8, 4) is 0 Å². The number of rotatable bonds is 35. The molecule has 0 radical (unpaired) electrons. The summed E-state index contributed by atoms with van der Waals surface area (Å²) >= 11 is 0. The van der Waals surface area contributed by atoms with Crippen LogP contribution in [-0.4, -0.2) is 37.2 Å². The number of hydrogen-bond donors (Lipinski definition) is 0. The maximum atomic E-state index is 12.7. The van der Waals surface area contributed by atoms with Crippen molar-refractivity contribution < 1.29 is 28.6 Å². The van der Waals surface area contributed by atoms with Gasteiger partial charge in [-0.3, -0.25) is 14.4 Å². The predicted octanol–water partition coefficient (Wildman–Crippen LogP) is 13.4. The van der Waals surface area contributed by atoms with Crippen molar-refractivity contribution in [3.05, 3.63) is 122 Å². The maximum absolute atomic E-state index is 12.7. The zero-order chi connectivity index (χ0) is 40.1. The van der Waals surface area contributed by atoms with Crippen LogP contribution in [0.5, 0.6) is 0 Å². The van der Waals surface area contributed by atoms with Crippen molar-refractivity contribution in [2.45, 2.75) is 155 Å². The van der Waals surface area contributed by atoms with Gasteiger partial charge in [0.25, 0.3) is 0 Å². The van der Waals surface area contributed by atoms with Gasteiger partial charge in [0.1, 0.15) is 13.2 Å². The maximum Gasteiger partial charge on any atom is 0.306 e. The highest BCUT2D eigenvalue weighted by atomic mass is 16.6. The Labute approximate surface area is 335 Å². The van der Waals surface area contributed by atoms with Crippen molar-refractivity contribution in [2.24, 2.45) is 0 Å². The Morgan fingerprint density at radius 1 is 0.382 bits per heavy atom. The second kappa shape index (κ2) is 42.6. The monoisotopic (exact) mass is 759 g/mol. The summed E-state index contributed by atoms with van der Waals surface area (Å²) in [6.07, 6.45) is 57.6. The number of esters is 3. The highest BCUT2D eigenvalue weighted by Crippen LogP contribution is 2.10. The number of ether oxygens (including phenoxy) is 3. The van der Waals surface area contributed by atoms with Gasteiger partial charge in [0.05, 0.1) is 0 Å². The molecule has 0 bridgehead atoms. The molecule has 1 unspecified atom stereocenters. The first-order valence-corrected chi connectivity index (χ1v) is 21.1. The highest BCUT2D eigenvalue weighted by Gasteiger charge is 2.19. The minimum Gasteiger partial charge on any atom is -0.462 e. The highest BCUT2D eigenvalue weighted by molar-refractivity contribution is 5.71. The van der Waals surface area contributed by atoms with E-state index in [1.165, 1.54) is 0 Å². The van der Waals surface area contributed by atoms with Gasteiger partial charge in [-0.05, 0) is 103 Å². The van der Waals surface area contributed by atoms with E-state index in [0.29, 0.717) is 19.3 Å². The third-order valence-electron chi connectivity index (χ3n) is 8.04. The first-order valence-electron chi connectivity index (χ1n) is 21.1. The van der Waals surface area contributed by atoms with Crippen molar-refractivity contribution in [1.82, 2.24) is 0 Å². The van der Waals surface area contributed by atoms with E-state index >= 15 is 0 Å². The Balaban J connectivity index is 4.61. The van der Waals surface area contributed by atoms with Crippen molar-refractivity contribution >= 4 is 17.9 Å². The summed E-state index contributed by atoms with van der Waals surface area (Å²) in [6, 6.07) is 0. The Bertz CT molecular complexity index is 1240. The number of allylic oxidation sites excluding steroid dienone is 20. The van der Waals surface area contributed by atoms with Gasteiger partial charge < -0.3 is 14.2 Å². The van der Waals surface area contributed by atoms with E-state index in [-0.39, 0.29) is 44.0 Å². The number of carbonyl (C=O) groups is 3. The smallest absolute Gasteiger partial charge is 0.306 e. The largest absolute Gasteiger partial charge is 0.462 e. The Hall–Kier alpha value is -4.19. The van der Waals surface area contributed by atoms with Crippen LogP contribution in [0, 0.1) is 0 Å².